The van der Waals surface area contributed by atoms with Crippen LogP contribution in [0.4, 0.5) is 5.69 Å². The smallest absolute Gasteiger partial charge is 0.277 e. The first kappa shape index (κ1) is 18.3. The molecule has 1 aliphatic heterocycles. The van der Waals surface area contributed by atoms with E-state index in [0.717, 1.165) is 24.2 Å². The molecule has 0 saturated carbocycles. The zero-order valence-electron chi connectivity index (χ0n) is 14.7. The summed E-state index contributed by atoms with van der Waals surface area (Å²) in [6, 6.07) is 13.3. The Bertz CT molecular complexity index is 801. The summed E-state index contributed by atoms with van der Waals surface area (Å²) in [5.41, 5.74) is 5.81. The number of hydrogen-bond acceptors (Lipinski definition) is 4. The Balaban J connectivity index is 1.51. The van der Waals surface area contributed by atoms with Gasteiger partial charge >= 0.3 is 0 Å². The molecular formula is C20H22ClN3O2. The number of nitrogens with one attached hydrogen (secondary N) is 1. The van der Waals surface area contributed by atoms with Crippen molar-refractivity contribution in [1.82, 2.24) is 5.43 Å². The highest BCUT2D eigenvalue weighted by Gasteiger charge is 2.12. The summed E-state index contributed by atoms with van der Waals surface area (Å²) in [4.78, 5) is 14.2. The molecule has 1 heterocycles. The van der Waals surface area contributed by atoms with E-state index in [9.17, 15) is 4.79 Å². The molecule has 0 aromatic heterocycles. The van der Waals surface area contributed by atoms with Crippen LogP contribution in [0.1, 0.15) is 24.0 Å². The molecule has 0 radical (unpaired) electrons. The van der Waals surface area contributed by atoms with E-state index >= 15 is 0 Å². The van der Waals surface area contributed by atoms with Crippen molar-refractivity contribution >= 4 is 29.4 Å². The van der Waals surface area contributed by atoms with Gasteiger partial charge in [0.25, 0.3) is 5.91 Å². The predicted octanol–water partition coefficient (Wildman–Crippen LogP) is 3.78. The third-order valence-electron chi connectivity index (χ3n) is 4.31. The molecule has 1 saturated heterocycles. The lowest BCUT2D eigenvalue weighted by molar-refractivity contribution is -0.123. The number of carbonyl (C=O) groups is 1. The number of rotatable bonds is 6. The summed E-state index contributed by atoms with van der Waals surface area (Å²) >= 11 is 5.98. The minimum absolute atomic E-state index is 0.145. The molecule has 1 fully saturated rings. The van der Waals surface area contributed by atoms with E-state index in [0.29, 0.717) is 10.8 Å². The van der Waals surface area contributed by atoms with E-state index in [1.807, 2.05) is 13.0 Å². The number of hydrazone groups is 1. The first-order chi connectivity index (χ1) is 12.6. The molecule has 0 bridgehead atoms. The molecule has 3 rings (SSSR count). The molecule has 0 aliphatic carbocycles. The van der Waals surface area contributed by atoms with E-state index < -0.39 is 0 Å². The Morgan fingerprint density at radius 1 is 1.27 bits per heavy atom. The molecule has 5 nitrogen and oxygen atoms in total. The van der Waals surface area contributed by atoms with Crippen molar-refractivity contribution in [2.24, 2.45) is 5.10 Å². The average molecular weight is 372 g/mol. The first-order valence-corrected chi connectivity index (χ1v) is 9.06. The maximum absolute atomic E-state index is 11.8. The number of para-hydroxylation sites is 1. The van der Waals surface area contributed by atoms with Gasteiger partial charge < -0.3 is 9.64 Å². The molecule has 1 amide bonds. The van der Waals surface area contributed by atoms with E-state index in [1.165, 1.54) is 18.5 Å². The van der Waals surface area contributed by atoms with Gasteiger partial charge in [0.2, 0.25) is 0 Å². The van der Waals surface area contributed by atoms with Crippen LogP contribution in [0.2, 0.25) is 5.02 Å². The molecule has 1 N–H and O–H groups in total. The Labute approximate surface area is 158 Å². The molecular weight excluding hydrogens is 350 g/mol. The van der Waals surface area contributed by atoms with E-state index in [4.69, 9.17) is 16.3 Å². The van der Waals surface area contributed by atoms with Gasteiger partial charge in [0, 0.05) is 18.8 Å². The third kappa shape index (κ3) is 4.76. The SMILES string of the molecule is Cc1cc(N2CCCC2)ccc1/C=N/NC(=O)COc1ccccc1Cl. The van der Waals surface area contributed by atoms with Crippen LogP contribution < -0.4 is 15.1 Å². The third-order valence-corrected chi connectivity index (χ3v) is 4.63. The second-order valence-corrected chi connectivity index (χ2v) is 6.65. The monoisotopic (exact) mass is 371 g/mol. The Hall–Kier alpha value is -2.53. The Morgan fingerprint density at radius 2 is 2.04 bits per heavy atom. The van der Waals surface area contributed by atoms with Crippen molar-refractivity contribution in [1.29, 1.82) is 0 Å². The number of ether oxygens (including phenoxy) is 1. The lowest BCUT2D eigenvalue weighted by atomic mass is 10.1. The van der Waals surface area contributed by atoms with Crippen LogP contribution in [0.15, 0.2) is 47.6 Å². The highest BCUT2D eigenvalue weighted by atomic mass is 35.5. The van der Waals surface area contributed by atoms with Crippen molar-refractivity contribution in [2.45, 2.75) is 19.8 Å². The van der Waals surface area contributed by atoms with E-state index in [-0.39, 0.29) is 12.5 Å². The van der Waals surface area contributed by atoms with Crippen molar-refractivity contribution in [3.63, 3.8) is 0 Å². The molecule has 2 aromatic rings. The van der Waals surface area contributed by atoms with Crippen LogP contribution in [0.3, 0.4) is 0 Å². The lowest BCUT2D eigenvalue weighted by Gasteiger charge is -2.18. The van der Waals surface area contributed by atoms with Gasteiger partial charge in [0.05, 0.1) is 11.2 Å². The average Bonchev–Trinajstić information content (AvgIpc) is 3.17. The summed E-state index contributed by atoms with van der Waals surface area (Å²) in [6.07, 6.45) is 4.16. The van der Waals surface area contributed by atoms with Crippen LogP contribution in [0.5, 0.6) is 5.75 Å². The standard InChI is InChI=1S/C20H22ClN3O2/c1-15-12-17(24-10-4-5-11-24)9-8-16(15)13-22-23-20(25)14-26-19-7-3-2-6-18(19)21/h2-3,6-9,12-13H,4-5,10-11,14H2,1H3,(H,23,25)/b22-13+. The largest absolute Gasteiger partial charge is 0.482 e. The zero-order chi connectivity index (χ0) is 18.4. The van der Waals surface area contributed by atoms with Gasteiger partial charge in [-0.3, -0.25) is 4.79 Å². The summed E-state index contributed by atoms with van der Waals surface area (Å²) < 4.78 is 5.37. The van der Waals surface area contributed by atoms with Crippen LogP contribution in [0, 0.1) is 6.92 Å². The number of carbonyl (C=O) groups excluding carboxylic acids is 1. The number of anilines is 1. The van der Waals surface area contributed by atoms with Gasteiger partial charge in [-0.2, -0.15) is 5.10 Å². The molecule has 0 spiro atoms. The van der Waals surface area contributed by atoms with Crippen LogP contribution in [-0.2, 0) is 4.79 Å². The van der Waals surface area contributed by atoms with Crippen molar-refractivity contribution in [2.75, 3.05) is 24.6 Å². The second-order valence-electron chi connectivity index (χ2n) is 6.25. The number of benzene rings is 2. The van der Waals surface area contributed by atoms with Gasteiger partial charge in [-0.1, -0.05) is 29.8 Å². The minimum atomic E-state index is -0.340. The van der Waals surface area contributed by atoms with Gasteiger partial charge in [-0.05, 0) is 55.2 Å². The number of amides is 1. The fourth-order valence-electron chi connectivity index (χ4n) is 2.89. The molecule has 6 heteroatoms. The summed E-state index contributed by atoms with van der Waals surface area (Å²) in [5, 5.41) is 4.48. The predicted molar refractivity (Wildman–Crippen MR) is 105 cm³/mol. The van der Waals surface area contributed by atoms with E-state index in [2.05, 4.69) is 27.6 Å². The van der Waals surface area contributed by atoms with Gasteiger partial charge in [-0.25, -0.2) is 5.43 Å². The molecule has 1 aliphatic rings. The van der Waals surface area contributed by atoms with Gasteiger partial charge in [-0.15, -0.1) is 0 Å². The van der Waals surface area contributed by atoms with Crippen molar-refractivity contribution in [3.05, 3.63) is 58.6 Å². The molecule has 26 heavy (non-hydrogen) atoms. The molecule has 136 valence electrons. The van der Waals surface area contributed by atoms with Crippen molar-refractivity contribution in [3.8, 4) is 5.75 Å². The van der Waals surface area contributed by atoms with Crippen LogP contribution >= 0.6 is 11.6 Å². The quantitative estimate of drug-likeness (QED) is 0.621. The van der Waals surface area contributed by atoms with Gasteiger partial charge in [0.1, 0.15) is 5.75 Å². The maximum atomic E-state index is 11.8. The maximum Gasteiger partial charge on any atom is 0.277 e. The summed E-state index contributed by atoms with van der Waals surface area (Å²) in [6.45, 7) is 4.14. The topological polar surface area (TPSA) is 53.9 Å². The summed E-state index contributed by atoms with van der Waals surface area (Å²) in [7, 11) is 0. The molecule has 0 atom stereocenters. The highest BCUT2D eigenvalue weighted by Crippen LogP contribution is 2.23. The minimum Gasteiger partial charge on any atom is -0.482 e. The second kappa shape index (κ2) is 8.72. The van der Waals surface area contributed by atoms with Crippen molar-refractivity contribution < 1.29 is 9.53 Å². The van der Waals surface area contributed by atoms with E-state index in [1.54, 1.807) is 30.5 Å². The first-order valence-electron chi connectivity index (χ1n) is 8.68. The fourth-order valence-corrected chi connectivity index (χ4v) is 3.08. The molecule has 2 aromatic carbocycles. The number of aryl methyl sites for hydroxylation is 1. The molecule has 0 unspecified atom stereocenters. The summed E-state index contributed by atoms with van der Waals surface area (Å²) in [5.74, 6) is 0.133. The zero-order valence-corrected chi connectivity index (χ0v) is 15.5. The number of halogens is 1. The number of nitrogens with zero attached hydrogens (tertiary/aromatic N) is 2. The lowest BCUT2D eigenvalue weighted by Crippen LogP contribution is -2.24. The highest BCUT2D eigenvalue weighted by molar-refractivity contribution is 6.32. The van der Waals surface area contributed by atoms with Crippen LogP contribution in [0.25, 0.3) is 0 Å². The Morgan fingerprint density at radius 3 is 2.77 bits per heavy atom. The van der Waals surface area contributed by atoms with Crippen LogP contribution in [-0.4, -0.2) is 31.8 Å². The normalized spacial score (nSPS) is 14.0. The van der Waals surface area contributed by atoms with Gasteiger partial charge in [0.15, 0.2) is 6.61 Å². The fraction of sp³-hybridized carbons (Fsp3) is 0.300. The Kier molecular flexibility index (Phi) is 6.12. The number of hydrogen-bond donors (Lipinski definition) is 1.